The van der Waals surface area contributed by atoms with Gasteiger partial charge in [-0.15, -0.1) is 23.7 Å². The molecule has 1 aliphatic heterocycles. The predicted octanol–water partition coefficient (Wildman–Crippen LogP) is 3.20. The molecule has 3 heterocycles. The average Bonchev–Trinajstić information content (AvgIpc) is 3.31. The van der Waals surface area contributed by atoms with Crippen LogP contribution >= 0.6 is 23.7 Å². The lowest BCUT2D eigenvalue weighted by Gasteiger charge is -2.32. The molecule has 2 aliphatic rings. The molecule has 1 aromatic carbocycles. The molecule has 1 saturated heterocycles. The van der Waals surface area contributed by atoms with E-state index in [1.807, 2.05) is 18.4 Å². The van der Waals surface area contributed by atoms with Crippen molar-refractivity contribution in [2.75, 3.05) is 13.7 Å². The van der Waals surface area contributed by atoms with Gasteiger partial charge in [-0.2, -0.15) is 0 Å². The van der Waals surface area contributed by atoms with Crippen molar-refractivity contribution in [1.29, 1.82) is 0 Å². The van der Waals surface area contributed by atoms with Gasteiger partial charge in [0.1, 0.15) is 10.6 Å². The number of ether oxygens (including phenoxy) is 1. The van der Waals surface area contributed by atoms with Crippen molar-refractivity contribution in [3.63, 3.8) is 0 Å². The number of rotatable bonds is 4. The maximum atomic E-state index is 12.9. The molecule has 0 saturated carbocycles. The maximum Gasteiger partial charge on any atom is 0.329 e. The number of thiophene rings is 1. The lowest BCUT2D eigenvalue weighted by molar-refractivity contribution is 0.371. The Morgan fingerprint density at radius 3 is 2.93 bits per heavy atom. The van der Waals surface area contributed by atoms with Crippen LogP contribution in [0.3, 0.4) is 0 Å². The van der Waals surface area contributed by atoms with Crippen LogP contribution in [0, 0.1) is 12.8 Å². The Morgan fingerprint density at radius 1 is 1.30 bits per heavy atom. The number of aromatic amines is 1. The Labute approximate surface area is 184 Å². The van der Waals surface area contributed by atoms with Gasteiger partial charge in [0, 0.05) is 18.5 Å². The number of nitrogens with zero attached hydrogens (tertiary/aromatic N) is 1. The summed E-state index contributed by atoms with van der Waals surface area (Å²) >= 11 is 1.41. The Balaban J connectivity index is 0.00000218. The lowest BCUT2D eigenvalue weighted by Crippen LogP contribution is -2.37. The fourth-order valence-corrected chi connectivity index (χ4v) is 6.19. The third-order valence-electron chi connectivity index (χ3n) is 6.66. The number of aryl methyl sites for hydroxylation is 1. The Morgan fingerprint density at radius 2 is 2.13 bits per heavy atom. The van der Waals surface area contributed by atoms with E-state index < -0.39 is 0 Å². The standard InChI is InChI=1S/C22H25N3O3S.ClH/c1-12-11-29-20-18(12)21(26)25(22(27)24-20)9-8-16-19-13(10-23-16)6-7-14-15(19)4-3-5-17(14)28-2;/h3-5,11,13,16,19,23H,6-10H2,1-2H3,(H,24,27);1H. The van der Waals surface area contributed by atoms with E-state index in [1.54, 1.807) is 7.11 Å². The van der Waals surface area contributed by atoms with Gasteiger partial charge < -0.3 is 10.1 Å². The van der Waals surface area contributed by atoms with Gasteiger partial charge in [0.05, 0.1) is 12.5 Å². The normalized spacial score (nSPS) is 22.4. The summed E-state index contributed by atoms with van der Waals surface area (Å²) in [7, 11) is 1.73. The Hall–Kier alpha value is -2.09. The summed E-state index contributed by atoms with van der Waals surface area (Å²) in [5, 5.41) is 6.22. The van der Waals surface area contributed by atoms with Crippen molar-refractivity contribution in [2.45, 2.75) is 44.7 Å². The molecule has 3 unspecified atom stereocenters. The van der Waals surface area contributed by atoms with Gasteiger partial charge in [-0.25, -0.2) is 4.79 Å². The van der Waals surface area contributed by atoms with Crippen molar-refractivity contribution >= 4 is 34.0 Å². The first kappa shape index (κ1) is 21.2. The minimum Gasteiger partial charge on any atom is -0.496 e. The van der Waals surface area contributed by atoms with E-state index in [1.165, 1.54) is 27.0 Å². The molecule has 8 heteroatoms. The van der Waals surface area contributed by atoms with Crippen LogP contribution in [-0.2, 0) is 13.0 Å². The highest BCUT2D eigenvalue weighted by atomic mass is 35.5. The number of methoxy groups -OCH3 is 1. The molecule has 2 N–H and O–H groups in total. The third kappa shape index (κ3) is 3.29. The van der Waals surface area contributed by atoms with Gasteiger partial charge >= 0.3 is 5.69 Å². The van der Waals surface area contributed by atoms with E-state index in [-0.39, 0.29) is 29.7 Å². The minimum absolute atomic E-state index is 0. The summed E-state index contributed by atoms with van der Waals surface area (Å²) < 4.78 is 6.96. The molecule has 1 aliphatic carbocycles. The summed E-state index contributed by atoms with van der Waals surface area (Å²) in [6.45, 7) is 3.32. The smallest absolute Gasteiger partial charge is 0.329 e. The summed E-state index contributed by atoms with van der Waals surface area (Å²) in [6, 6.07) is 6.57. The largest absolute Gasteiger partial charge is 0.496 e. The topological polar surface area (TPSA) is 76.1 Å². The van der Waals surface area contributed by atoms with Gasteiger partial charge in [-0.1, -0.05) is 12.1 Å². The van der Waals surface area contributed by atoms with Crippen LogP contribution in [0.4, 0.5) is 0 Å². The number of hydrogen-bond donors (Lipinski definition) is 2. The third-order valence-corrected chi connectivity index (χ3v) is 7.67. The molecule has 6 nitrogen and oxygen atoms in total. The van der Waals surface area contributed by atoms with Gasteiger partial charge in [-0.3, -0.25) is 14.3 Å². The second kappa shape index (κ2) is 8.21. The zero-order chi connectivity index (χ0) is 20.1. The van der Waals surface area contributed by atoms with E-state index >= 15 is 0 Å². The lowest BCUT2D eigenvalue weighted by atomic mass is 9.73. The highest BCUT2D eigenvalue weighted by Gasteiger charge is 2.40. The van der Waals surface area contributed by atoms with Crippen LogP contribution in [-0.4, -0.2) is 29.2 Å². The second-order valence-corrected chi connectivity index (χ2v) is 9.05. The average molecular weight is 448 g/mol. The highest BCUT2D eigenvalue weighted by Crippen LogP contribution is 2.45. The van der Waals surface area contributed by atoms with Crippen molar-refractivity contribution in [3.05, 3.63) is 61.1 Å². The quantitative estimate of drug-likeness (QED) is 0.644. The van der Waals surface area contributed by atoms with E-state index in [0.717, 1.165) is 37.1 Å². The van der Waals surface area contributed by atoms with Crippen LogP contribution in [0.15, 0.2) is 33.2 Å². The Kier molecular flexibility index (Phi) is 5.79. The molecular formula is C22H26ClN3O3S. The van der Waals surface area contributed by atoms with Crippen LogP contribution in [0.25, 0.3) is 10.2 Å². The molecule has 1 fully saturated rings. The zero-order valence-corrected chi connectivity index (χ0v) is 18.7. The maximum absolute atomic E-state index is 12.9. The first-order valence-corrected chi connectivity index (χ1v) is 11.1. The van der Waals surface area contributed by atoms with Crippen molar-refractivity contribution in [3.8, 4) is 5.75 Å². The van der Waals surface area contributed by atoms with Crippen LogP contribution in [0.1, 0.15) is 35.4 Å². The van der Waals surface area contributed by atoms with E-state index in [9.17, 15) is 9.59 Å². The number of benzene rings is 1. The van der Waals surface area contributed by atoms with Gasteiger partial charge in [0.2, 0.25) is 0 Å². The van der Waals surface area contributed by atoms with Crippen molar-refractivity contribution in [2.24, 2.45) is 5.92 Å². The molecule has 0 bridgehead atoms. The van der Waals surface area contributed by atoms with Crippen LogP contribution < -0.4 is 21.3 Å². The number of hydrogen-bond acceptors (Lipinski definition) is 5. The number of fused-ring (bicyclic) bond motifs is 4. The molecule has 5 rings (SSSR count). The number of halogens is 1. The van der Waals surface area contributed by atoms with Crippen LogP contribution in [0.2, 0.25) is 0 Å². The molecule has 2 aromatic heterocycles. The SMILES string of the molecule is COc1cccc2c1CCC1CNC(CCn3c(=O)[nH]c4scc(C)c4c3=O)C21.Cl. The monoisotopic (exact) mass is 447 g/mol. The minimum atomic E-state index is -0.315. The molecular weight excluding hydrogens is 422 g/mol. The summed E-state index contributed by atoms with van der Waals surface area (Å²) in [5.41, 5.74) is 3.11. The fraction of sp³-hybridized carbons (Fsp3) is 0.455. The summed E-state index contributed by atoms with van der Waals surface area (Å²) in [6.07, 6.45) is 2.93. The van der Waals surface area contributed by atoms with E-state index in [0.29, 0.717) is 28.6 Å². The molecule has 30 heavy (non-hydrogen) atoms. The number of aromatic nitrogens is 2. The van der Waals surface area contributed by atoms with Crippen LogP contribution in [0.5, 0.6) is 5.75 Å². The van der Waals surface area contributed by atoms with Crippen molar-refractivity contribution < 1.29 is 4.74 Å². The molecule has 3 aromatic rings. The predicted molar refractivity (Wildman–Crippen MR) is 123 cm³/mol. The van der Waals surface area contributed by atoms with E-state index in [2.05, 4.69) is 22.4 Å². The highest BCUT2D eigenvalue weighted by molar-refractivity contribution is 7.16. The summed E-state index contributed by atoms with van der Waals surface area (Å²) in [5.74, 6) is 1.96. The molecule has 160 valence electrons. The second-order valence-electron chi connectivity index (χ2n) is 8.17. The van der Waals surface area contributed by atoms with Gasteiger partial charge in [0.15, 0.2) is 0 Å². The number of nitrogens with one attached hydrogen (secondary N) is 2. The molecule has 0 radical (unpaired) electrons. The van der Waals surface area contributed by atoms with Crippen molar-refractivity contribution in [1.82, 2.24) is 14.9 Å². The molecule has 0 amide bonds. The number of H-pyrrole nitrogens is 1. The zero-order valence-electron chi connectivity index (χ0n) is 17.1. The first-order chi connectivity index (χ1) is 14.1. The Bertz CT molecular complexity index is 1200. The first-order valence-electron chi connectivity index (χ1n) is 10.2. The fourth-order valence-electron chi connectivity index (χ4n) is 5.27. The van der Waals surface area contributed by atoms with Gasteiger partial charge in [0.25, 0.3) is 5.56 Å². The molecule has 3 atom stereocenters. The summed E-state index contributed by atoms with van der Waals surface area (Å²) in [4.78, 5) is 29.0. The van der Waals surface area contributed by atoms with E-state index in [4.69, 9.17) is 4.74 Å². The molecule has 0 spiro atoms. The van der Waals surface area contributed by atoms with Gasteiger partial charge in [-0.05, 0) is 66.8 Å².